The molecule has 1 heterocycles. The van der Waals surface area contributed by atoms with E-state index in [1.165, 1.54) is 0 Å². The first-order chi connectivity index (χ1) is 8.79. The van der Waals surface area contributed by atoms with Crippen molar-refractivity contribution in [1.29, 1.82) is 0 Å². The summed E-state index contributed by atoms with van der Waals surface area (Å²) in [5, 5.41) is 5.10. The fraction of sp³-hybridized carbons (Fsp3) is 0.143. The summed E-state index contributed by atoms with van der Waals surface area (Å²) in [5.41, 5.74) is 5.95. The predicted octanol–water partition coefficient (Wildman–Crippen LogP) is 3.96. The molecule has 18 heavy (non-hydrogen) atoms. The lowest BCUT2D eigenvalue weighted by molar-refractivity contribution is 1.21. The SMILES string of the molecule is CC/C(=N\Nc1cccc(Cl)c1)c1ccncc1. The Morgan fingerprint density at radius 3 is 2.72 bits per heavy atom. The van der Waals surface area contributed by atoms with Gasteiger partial charge >= 0.3 is 0 Å². The standard InChI is InChI=1S/C14H14ClN3/c1-2-14(11-6-8-16-9-7-11)18-17-13-5-3-4-12(15)10-13/h3-10,17H,2H2,1H3/b18-14+. The van der Waals surface area contributed by atoms with Gasteiger partial charge in [0.25, 0.3) is 0 Å². The van der Waals surface area contributed by atoms with Crippen LogP contribution >= 0.6 is 11.6 Å². The second kappa shape index (κ2) is 6.17. The largest absolute Gasteiger partial charge is 0.278 e. The number of hydrogen-bond donors (Lipinski definition) is 1. The Labute approximate surface area is 112 Å². The van der Waals surface area contributed by atoms with E-state index in [-0.39, 0.29) is 0 Å². The van der Waals surface area contributed by atoms with Crippen LogP contribution in [-0.2, 0) is 0 Å². The van der Waals surface area contributed by atoms with Crippen LogP contribution in [0.1, 0.15) is 18.9 Å². The normalized spacial score (nSPS) is 11.3. The Kier molecular flexibility index (Phi) is 4.31. The van der Waals surface area contributed by atoms with Gasteiger partial charge in [0.1, 0.15) is 0 Å². The molecule has 1 aromatic heterocycles. The topological polar surface area (TPSA) is 37.3 Å². The summed E-state index contributed by atoms with van der Waals surface area (Å²) in [6.45, 7) is 2.07. The van der Waals surface area contributed by atoms with Crippen molar-refractivity contribution in [3.63, 3.8) is 0 Å². The van der Waals surface area contributed by atoms with Gasteiger partial charge in [-0.1, -0.05) is 24.6 Å². The highest BCUT2D eigenvalue weighted by molar-refractivity contribution is 6.30. The number of pyridine rings is 1. The average Bonchev–Trinajstić information content (AvgIpc) is 2.41. The van der Waals surface area contributed by atoms with Crippen molar-refractivity contribution in [2.75, 3.05) is 5.43 Å². The van der Waals surface area contributed by atoms with Crippen LogP contribution in [0.15, 0.2) is 53.9 Å². The van der Waals surface area contributed by atoms with E-state index in [2.05, 4.69) is 22.4 Å². The van der Waals surface area contributed by atoms with Gasteiger partial charge in [-0.25, -0.2) is 0 Å². The molecule has 0 radical (unpaired) electrons. The van der Waals surface area contributed by atoms with Crippen molar-refractivity contribution in [2.45, 2.75) is 13.3 Å². The number of benzene rings is 1. The van der Waals surface area contributed by atoms with Crippen molar-refractivity contribution in [1.82, 2.24) is 4.98 Å². The summed E-state index contributed by atoms with van der Waals surface area (Å²) < 4.78 is 0. The molecule has 1 N–H and O–H groups in total. The third-order valence-corrected chi connectivity index (χ3v) is 2.73. The molecule has 3 nitrogen and oxygen atoms in total. The first-order valence-corrected chi connectivity index (χ1v) is 6.16. The van der Waals surface area contributed by atoms with E-state index in [0.717, 1.165) is 23.4 Å². The smallest absolute Gasteiger partial charge is 0.0677 e. The zero-order valence-corrected chi connectivity index (χ0v) is 10.9. The van der Waals surface area contributed by atoms with Crippen LogP contribution in [0, 0.1) is 0 Å². The number of hydrazone groups is 1. The molecule has 0 fully saturated rings. The van der Waals surface area contributed by atoms with Crippen LogP contribution in [0.4, 0.5) is 5.69 Å². The zero-order valence-electron chi connectivity index (χ0n) is 10.1. The summed E-state index contributed by atoms with van der Waals surface area (Å²) >= 11 is 5.91. The average molecular weight is 260 g/mol. The van der Waals surface area contributed by atoms with Gasteiger partial charge in [0.2, 0.25) is 0 Å². The molecule has 4 heteroatoms. The van der Waals surface area contributed by atoms with Crippen molar-refractivity contribution in [3.05, 3.63) is 59.4 Å². The number of hydrogen-bond acceptors (Lipinski definition) is 3. The Hall–Kier alpha value is -1.87. The molecule has 0 amide bonds. The van der Waals surface area contributed by atoms with Crippen molar-refractivity contribution >= 4 is 23.0 Å². The molecule has 92 valence electrons. The maximum absolute atomic E-state index is 5.91. The number of halogens is 1. The van der Waals surface area contributed by atoms with Crippen molar-refractivity contribution < 1.29 is 0 Å². The van der Waals surface area contributed by atoms with E-state index >= 15 is 0 Å². The van der Waals surface area contributed by atoms with Crippen LogP contribution in [0.3, 0.4) is 0 Å². The number of rotatable bonds is 4. The fourth-order valence-corrected chi connectivity index (χ4v) is 1.77. The number of aromatic nitrogens is 1. The Morgan fingerprint density at radius 2 is 2.06 bits per heavy atom. The van der Waals surface area contributed by atoms with Crippen molar-refractivity contribution in [3.8, 4) is 0 Å². The molecule has 2 aromatic rings. The Balaban J connectivity index is 2.16. The molecule has 0 bridgehead atoms. The maximum Gasteiger partial charge on any atom is 0.0677 e. The summed E-state index contributed by atoms with van der Waals surface area (Å²) in [5.74, 6) is 0. The molecule has 0 atom stereocenters. The summed E-state index contributed by atoms with van der Waals surface area (Å²) in [6.07, 6.45) is 4.37. The van der Waals surface area contributed by atoms with E-state index in [0.29, 0.717) is 5.02 Å². The lowest BCUT2D eigenvalue weighted by Gasteiger charge is -2.05. The first-order valence-electron chi connectivity index (χ1n) is 5.78. The van der Waals surface area contributed by atoms with Crippen LogP contribution in [0.25, 0.3) is 0 Å². The zero-order chi connectivity index (χ0) is 12.8. The van der Waals surface area contributed by atoms with Crippen LogP contribution in [-0.4, -0.2) is 10.7 Å². The lowest BCUT2D eigenvalue weighted by Crippen LogP contribution is -2.03. The summed E-state index contributed by atoms with van der Waals surface area (Å²) in [6, 6.07) is 11.4. The Bertz CT molecular complexity index is 538. The minimum atomic E-state index is 0.692. The first kappa shape index (κ1) is 12.6. The Morgan fingerprint density at radius 1 is 1.28 bits per heavy atom. The van der Waals surface area contributed by atoms with Gasteiger partial charge in [0.15, 0.2) is 0 Å². The highest BCUT2D eigenvalue weighted by Gasteiger charge is 2.00. The molecule has 0 aliphatic rings. The molecule has 0 spiro atoms. The molecule has 0 saturated heterocycles. The van der Waals surface area contributed by atoms with E-state index in [9.17, 15) is 0 Å². The predicted molar refractivity (Wildman–Crippen MR) is 76.1 cm³/mol. The van der Waals surface area contributed by atoms with Gasteiger partial charge in [0.05, 0.1) is 11.4 Å². The van der Waals surface area contributed by atoms with Gasteiger partial charge in [-0.05, 0) is 36.8 Å². The molecule has 1 aromatic carbocycles. The van der Waals surface area contributed by atoms with Crippen LogP contribution in [0.5, 0.6) is 0 Å². The molecule has 0 unspecified atom stereocenters. The van der Waals surface area contributed by atoms with E-state index < -0.39 is 0 Å². The molecule has 0 aliphatic carbocycles. The number of anilines is 1. The van der Waals surface area contributed by atoms with E-state index in [4.69, 9.17) is 11.6 Å². The highest BCUT2D eigenvalue weighted by Crippen LogP contribution is 2.15. The third-order valence-electron chi connectivity index (χ3n) is 2.49. The monoisotopic (exact) mass is 259 g/mol. The highest BCUT2D eigenvalue weighted by atomic mass is 35.5. The van der Waals surface area contributed by atoms with Crippen LogP contribution in [0.2, 0.25) is 5.02 Å². The quantitative estimate of drug-likeness (QED) is 0.667. The molecule has 0 aliphatic heterocycles. The van der Waals surface area contributed by atoms with Gasteiger partial charge < -0.3 is 0 Å². The fourth-order valence-electron chi connectivity index (χ4n) is 1.58. The van der Waals surface area contributed by atoms with Gasteiger partial charge in [-0.3, -0.25) is 10.4 Å². The molecular formula is C14H14ClN3. The van der Waals surface area contributed by atoms with Gasteiger partial charge in [0, 0.05) is 23.0 Å². The van der Waals surface area contributed by atoms with Gasteiger partial charge in [-0.15, -0.1) is 0 Å². The lowest BCUT2D eigenvalue weighted by atomic mass is 10.1. The molecular weight excluding hydrogens is 246 g/mol. The second-order valence-corrected chi connectivity index (χ2v) is 4.21. The number of nitrogens with one attached hydrogen (secondary N) is 1. The van der Waals surface area contributed by atoms with Gasteiger partial charge in [-0.2, -0.15) is 5.10 Å². The molecule has 2 rings (SSSR count). The van der Waals surface area contributed by atoms with E-state index in [1.54, 1.807) is 12.4 Å². The van der Waals surface area contributed by atoms with Crippen LogP contribution < -0.4 is 5.43 Å². The molecule has 0 saturated carbocycles. The maximum atomic E-state index is 5.91. The summed E-state index contributed by atoms with van der Waals surface area (Å²) in [7, 11) is 0. The summed E-state index contributed by atoms with van der Waals surface area (Å²) in [4.78, 5) is 4.00. The van der Waals surface area contributed by atoms with Crippen molar-refractivity contribution in [2.24, 2.45) is 5.10 Å². The number of nitrogens with zero attached hydrogens (tertiary/aromatic N) is 2. The minimum absolute atomic E-state index is 0.692. The van der Waals surface area contributed by atoms with E-state index in [1.807, 2.05) is 36.4 Å². The minimum Gasteiger partial charge on any atom is -0.278 e. The second-order valence-electron chi connectivity index (χ2n) is 3.77. The third kappa shape index (κ3) is 3.31.